The van der Waals surface area contributed by atoms with Crippen molar-refractivity contribution in [3.05, 3.63) is 12.7 Å². The van der Waals surface area contributed by atoms with E-state index >= 15 is 0 Å². The first-order chi connectivity index (χ1) is 6.97. The average molecular weight is 213 g/mol. The van der Waals surface area contributed by atoms with Crippen LogP contribution in [0, 0.1) is 5.92 Å². The summed E-state index contributed by atoms with van der Waals surface area (Å²) in [5, 5.41) is 5.03. The van der Waals surface area contributed by atoms with Gasteiger partial charge in [0.15, 0.2) is 0 Å². The predicted molar refractivity (Wildman–Crippen MR) is 59.2 cm³/mol. The lowest BCUT2D eigenvalue weighted by atomic mass is 10.0. The van der Waals surface area contributed by atoms with Gasteiger partial charge in [0.05, 0.1) is 0 Å². The number of hydrogen-bond acceptors (Lipinski definition) is 2. The summed E-state index contributed by atoms with van der Waals surface area (Å²) in [6.07, 6.45) is 2.14. The Morgan fingerprint density at radius 3 is 2.47 bits per heavy atom. The standard InChI is InChI=1S/C10H19N3O2/c1-4-5-12-9(14)8(6-7(2)3)13-10(11)15/h4,7-8H,1,5-6H2,2-3H3,(H,12,14)(H3,11,13,15)/t8-/m1/s1. The number of primary amides is 1. The molecule has 0 heterocycles. The van der Waals surface area contributed by atoms with Gasteiger partial charge in [-0.25, -0.2) is 4.79 Å². The van der Waals surface area contributed by atoms with Crippen LogP contribution in [0.25, 0.3) is 0 Å². The first-order valence-electron chi connectivity index (χ1n) is 4.92. The van der Waals surface area contributed by atoms with Gasteiger partial charge in [-0.2, -0.15) is 0 Å². The molecule has 0 radical (unpaired) electrons. The molecule has 0 aromatic heterocycles. The molecular formula is C10H19N3O2. The molecule has 0 bridgehead atoms. The third-order valence-corrected chi connectivity index (χ3v) is 1.76. The molecular weight excluding hydrogens is 194 g/mol. The Morgan fingerprint density at radius 1 is 1.47 bits per heavy atom. The van der Waals surface area contributed by atoms with Gasteiger partial charge in [0, 0.05) is 6.54 Å². The maximum Gasteiger partial charge on any atom is 0.312 e. The van der Waals surface area contributed by atoms with Crippen molar-refractivity contribution < 1.29 is 9.59 Å². The van der Waals surface area contributed by atoms with Gasteiger partial charge >= 0.3 is 6.03 Å². The van der Waals surface area contributed by atoms with Crippen molar-refractivity contribution in [3.63, 3.8) is 0 Å². The molecule has 0 rings (SSSR count). The summed E-state index contributed by atoms with van der Waals surface area (Å²) < 4.78 is 0. The Hall–Kier alpha value is -1.52. The number of rotatable bonds is 6. The van der Waals surface area contributed by atoms with Crippen molar-refractivity contribution in [2.24, 2.45) is 11.7 Å². The van der Waals surface area contributed by atoms with Gasteiger partial charge < -0.3 is 16.4 Å². The third kappa shape index (κ3) is 6.54. The molecule has 0 aliphatic carbocycles. The van der Waals surface area contributed by atoms with Crippen LogP contribution in [-0.4, -0.2) is 24.5 Å². The lowest BCUT2D eigenvalue weighted by Crippen LogP contribution is -2.49. The topological polar surface area (TPSA) is 84.2 Å². The van der Waals surface area contributed by atoms with E-state index in [0.717, 1.165) is 0 Å². The van der Waals surface area contributed by atoms with E-state index in [2.05, 4.69) is 17.2 Å². The van der Waals surface area contributed by atoms with Crippen LogP contribution >= 0.6 is 0 Å². The van der Waals surface area contributed by atoms with Crippen LogP contribution in [0.3, 0.4) is 0 Å². The summed E-state index contributed by atoms with van der Waals surface area (Å²) in [7, 11) is 0. The van der Waals surface area contributed by atoms with Gasteiger partial charge in [-0.3, -0.25) is 4.79 Å². The van der Waals surface area contributed by atoms with Crippen LogP contribution in [-0.2, 0) is 4.79 Å². The minimum Gasteiger partial charge on any atom is -0.352 e. The number of urea groups is 1. The van der Waals surface area contributed by atoms with Gasteiger partial charge in [0.1, 0.15) is 6.04 Å². The van der Waals surface area contributed by atoms with Crippen LogP contribution in [0.15, 0.2) is 12.7 Å². The van der Waals surface area contributed by atoms with Crippen LogP contribution in [0.4, 0.5) is 4.79 Å². The minimum atomic E-state index is -0.686. The van der Waals surface area contributed by atoms with Crippen molar-refractivity contribution in [1.29, 1.82) is 0 Å². The Morgan fingerprint density at radius 2 is 2.07 bits per heavy atom. The molecule has 0 aromatic rings. The smallest absolute Gasteiger partial charge is 0.312 e. The summed E-state index contributed by atoms with van der Waals surface area (Å²) in [5.41, 5.74) is 4.99. The van der Waals surface area contributed by atoms with E-state index in [-0.39, 0.29) is 5.91 Å². The maximum atomic E-state index is 11.5. The molecule has 0 aliphatic heterocycles. The average Bonchev–Trinajstić information content (AvgIpc) is 2.11. The van der Waals surface area contributed by atoms with Crippen LogP contribution in [0.1, 0.15) is 20.3 Å². The summed E-state index contributed by atoms with van der Waals surface area (Å²) in [6, 6.07) is -1.25. The van der Waals surface area contributed by atoms with Gasteiger partial charge in [0.25, 0.3) is 0 Å². The molecule has 0 fully saturated rings. The molecule has 0 unspecified atom stereocenters. The quantitative estimate of drug-likeness (QED) is 0.557. The molecule has 5 heteroatoms. The molecule has 0 saturated heterocycles. The normalized spacial score (nSPS) is 11.9. The van der Waals surface area contributed by atoms with Crippen LogP contribution < -0.4 is 16.4 Å². The van der Waals surface area contributed by atoms with E-state index in [9.17, 15) is 9.59 Å². The lowest BCUT2D eigenvalue weighted by Gasteiger charge is -2.18. The van der Waals surface area contributed by atoms with Crippen LogP contribution in [0.2, 0.25) is 0 Å². The zero-order valence-corrected chi connectivity index (χ0v) is 9.25. The van der Waals surface area contributed by atoms with E-state index in [1.807, 2.05) is 13.8 Å². The Labute approximate surface area is 90.1 Å². The van der Waals surface area contributed by atoms with Crippen molar-refractivity contribution in [2.75, 3.05) is 6.54 Å². The number of carbonyl (C=O) groups is 2. The molecule has 4 N–H and O–H groups in total. The lowest BCUT2D eigenvalue weighted by molar-refractivity contribution is -0.123. The van der Waals surface area contributed by atoms with E-state index in [1.165, 1.54) is 0 Å². The molecule has 15 heavy (non-hydrogen) atoms. The van der Waals surface area contributed by atoms with Gasteiger partial charge in [-0.05, 0) is 12.3 Å². The molecule has 0 aromatic carbocycles. The fourth-order valence-electron chi connectivity index (χ4n) is 1.17. The SMILES string of the molecule is C=CCNC(=O)[C@@H](CC(C)C)NC(N)=O. The highest BCUT2D eigenvalue weighted by molar-refractivity contribution is 5.86. The highest BCUT2D eigenvalue weighted by atomic mass is 16.2. The first-order valence-corrected chi connectivity index (χ1v) is 4.92. The summed E-state index contributed by atoms with van der Waals surface area (Å²) in [6.45, 7) is 7.81. The second-order valence-corrected chi connectivity index (χ2v) is 3.72. The van der Waals surface area contributed by atoms with Gasteiger partial charge in [-0.15, -0.1) is 6.58 Å². The van der Waals surface area contributed by atoms with E-state index in [4.69, 9.17) is 5.73 Å². The zero-order valence-electron chi connectivity index (χ0n) is 9.25. The molecule has 1 atom stereocenters. The molecule has 0 spiro atoms. The number of carbonyl (C=O) groups excluding carboxylic acids is 2. The van der Waals surface area contributed by atoms with Crippen molar-refractivity contribution >= 4 is 11.9 Å². The molecule has 0 aliphatic rings. The second-order valence-electron chi connectivity index (χ2n) is 3.72. The van der Waals surface area contributed by atoms with Crippen molar-refractivity contribution in [2.45, 2.75) is 26.3 Å². The first kappa shape index (κ1) is 13.5. The fraction of sp³-hybridized carbons (Fsp3) is 0.600. The largest absolute Gasteiger partial charge is 0.352 e. The highest BCUT2D eigenvalue weighted by Crippen LogP contribution is 2.04. The van der Waals surface area contributed by atoms with E-state index in [1.54, 1.807) is 6.08 Å². The fourth-order valence-corrected chi connectivity index (χ4v) is 1.17. The molecule has 5 nitrogen and oxygen atoms in total. The summed E-state index contributed by atoms with van der Waals surface area (Å²) in [5.74, 6) is 0.0683. The monoisotopic (exact) mass is 213 g/mol. The Balaban J connectivity index is 4.26. The Kier molecular flexibility index (Phi) is 6.17. The molecule has 3 amide bonds. The second kappa shape index (κ2) is 6.86. The number of nitrogens with one attached hydrogen (secondary N) is 2. The minimum absolute atomic E-state index is 0.234. The molecule has 86 valence electrons. The third-order valence-electron chi connectivity index (χ3n) is 1.76. The zero-order chi connectivity index (χ0) is 11.8. The maximum absolute atomic E-state index is 11.5. The number of nitrogens with two attached hydrogens (primary N) is 1. The summed E-state index contributed by atoms with van der Waals surface area (Å²) >= 11 is 0. The van der Waals surface area contributed by atoms with E-state index in [0.29, 0.717) is 18.9 Å². The highest BCUT2D eigenvalue weighted by Gasteiger charge is 2.19. The van der Waals surface area contributed by atoms with Crippen molar-refractivity contribution in [1.82, 2.24) is 10.6 Å². The van der Waals surface area contributed by atoms with Crippen molar-refractivity contribution in [3.8, 4) is 0 Å². The van der Waals surface area contributed by atoms with E-state index < -0.39 is 12.1 Å². The number of amides is 3. The van der Waals surface area contributed by atoms with Crippen LogP contribution in [0.5, 0.6) is 0 Å². The molecule has 0 saturated carbocycles. The van der Waals surface area contributed by atoms with Gasteiger partial charge in [-0.1, -0.05) is 19.9 Å². The Bertz CT molecular complexity index is 239. The summed E-state index contributed by atoms with van der Waals surface area (Å²) in [4.78, 5) is 22.2. The van der Waals surface area contributed by atoms with Gasteiger partial charge in [0.2, 0.25) is 5.91 Å². The predicted octanol–water partition coefficient (Wildman–Crippen LogP) is 0.372. The number of hydrogen-bond donors (Lipinski definition) is 3.